The number of aromatic nitrogens is 2. The summed E-state index contributed by atoms with van der Waals surface area (Å²) in [6.45, 7) is 4.24. The Bertz CT molecular complexity index is 990. The summed E-state index contributed by atoms with van der Waals surface area (Å²) in [6, 6.07) is 6.25. The van der Waals surface area contributed by atoms with Crippen molar-refractivity contribution in [2.24, 2.45) is 0 Å². The van der Waals surface area contributed by atoms with Gasteiger partial charge < -0.3 is 5.32 Å². The second kappa shape index (κ2) is 8.62. The first-order chi connectivity index (χ1) is 13.7. The first-order valence-corrected chi connectivity index (χ1v) is 11.8. The number of amides is 1. The van der Waals surface area contributed by atoms with Crippen LogP contribution in [-0.2, 0) is 30.5 Å². The average molecular weight is 412 g/mol. The molecule has 0 unspecified atom stereocenters. The van der Waals surface area contributed by atoms with E-state index in [0.717, 1.165) is 41.2 Å². The lowest BCUT2D eigenvalue weighted by Gasteiger charge is -2.14. The Kier molecular flexibility index (Phi) is 5.97. The summed E-state index contributed by atoms with van der Waals surface area (Å²) in [6.07, 6.45) is 8.18. The zero-order valence-corrected chi connectivity index (χ0v) is 18.0. The number of nitrogens with one attached hydrogen (secondary N) is 1. The Morgan fingerprint density at radius 3 is 2.64 bits per heavy atom. The third-order valence-electron chi connectivity index (χ3n) is 5.32. The highest BCUT2D eigenvalue weighted by atomic mass is 32.2. The molecule has 2 heterocycles. The van der Waals surface area contributed by atoms with Crippen molar-refractivity contribution in [1.29, 1.82) is 0 Å². The molecule has 2 aromatic heterocycles. The van der Waals surface area contributed by atoms with Crippen molar-refractivity contribution >= 4 is 44.9 Å². The molecule has 1 amide bonds. The first kappa shape index (κ1) is 19.4. The van der Waals surface area contributed by atoms with Crippen LogP contribution in [0.15, 0.2) is 29.6 Å². The molecule has 1 aromatic carbocycles. The molecule has 1 aliphatic carbocycles. The van der Waals surface area contributed by atoms with Gasteiger partial charge in [-0.15, -0.1) is 11.3 Å². The van der Waals surface area contributed by atoms with E-state index in [2.05, 4.69) is 47.3 Å². The minimum atomic E-state index is 0.0245. The summed E-state index contributed by atoms with van der Waals surface area (Å²) in [5.74, 6) is 0.384. The van der Waals surface area contributed by atoms with Gasteiger partial charge >= 0.3 is 0 Å². The molecule has 0 aliphatic heterocycles. The second-order valence-corrected chi connectivity index (χ2v) is 9.11. The molecule has 1 aliphatic rings. The van der Waals surface area contributed by atoms with Gasteiger partial charge in [0.15, 0.2) is 0 Å². The van der Waals surface area contributed by atoms with Gasteiger partial charge in [0.1, 0.15) is 16.2 Å². The van der Waals surface area contributed by atoms with E-state index in [4.69, 9.17) is 0 Å². The predicted molar refractivity (Wildman–Crippen MR) is 119 cm³/mol. The van der Waals surface area contributed by atoms with Crippen LogP contribution in [-0.4, -0.2) is 21.6 Å². The number of nitrogens with zero attached hydrogens (tertiary/aromatic N) is 2. The van der Waals surface area contributed by atoms with Crippen LogP contribution in [0.25, 0.3) is 10.2 Å². The zero-order valence-electron chi connectivity index (χ0n) is 16.4. The largest absolute Gasteiger partial charge is 0.325 e. The minimum absolute atomic E-state index is 0.0245. The van der Waals surface area contributed by atoms with Gasteiger partial charge in [-0.2, -0.15) is 0 Å². The van der Waals surface area contributed by atoms with E-state index in [9.17, 15) is 4.79 Å². The summed E-state index contributed by atoms with van der Waals surface area (Å²) in [4.78, 5) is 24.2. The number of hydrogen-bond donors (Lipinski definition) is 1. The number of carbonyl (C=O) groups is 1. The van der Waals surface area contributed by atoms with E-state index in [1.54, 1.807) is 17.7 Å². The van der Waals surface area contributed by atoms with Crippen molar-refractivity contribution in [2.75, 3.05) is 11.1 Å². The molecule has 3 aromatic rings. The molecule has 4 nitrogen and oxygen atoms in total. The maximum atomic E-state index is 12.7. The van der Waals surface area contributed by atoms with E-state index < -0.39 is 0 Å². The van der Waals surface area contributed by atoms with Crippen LogP contribution in [0, 0.1) is 0 Å². The highest BCUT2D eigenvalue weighted by Gasteiger charge is 2.20. The smallest absolute Gasteiger partial charge is 0.234 e. The van der Waals surface area contributed by atoms with Gasteiger partial charge in [-0.3, -0.25) is 4.79 Å². The average Bonchev–Trinajstić information content (AvgIpc) is 3.11. The van der Waals surface area contributed by atoms with Gasteiger partial charge in [0.05, 0.1) is 5.75 Å². The number of para-hydroxylation sites is 1. The van der Waals surface area contributed by atoms with Gasteiger partial charge in [0.25, 0.3) is 0 Å². The fourth-order valence-electron chi connectivity index (χ4n) is 3.88. The molecule has 0 radical (unpaired) electrons. The number of thiophene rings is 1. The number of fused-ring (bicyclic) bond motifs is 3. The second-order valence-electron chi connectivity index (χ2n) is 7.07. The first-order valence-electron chi connectivity index (χ1n) is 9.99. The van der Waals surface area contributed by atoms with Gasteiger partial charge in [0.2, 0.25) is 5.91 Å². The van der Waals surface area contributed by atoms with Crippen LogP contribution < -0.4 is 5.32 Å². The molecule has 28 heavy (non-hydrogen) atoms. The van der Waals surface area contributed by atoms with E-state index in [-0.39, 0.29) is 5.91 Å². The Morgan fingerprint density at radius 2 is 1.89 bits per heavy atom. The maximum Gasteiger partial charge on any atom is 0.234 e. The van der Waals surface area contributed by atoms with Crippen molar-refractivity contribution in [2.45, 2.75) is 57.4 Å². The van der Waals surface area contributed by atoms with Gasteiger partial charge in [-0.25, -0.2) is 9.97 Å². The predicted octanol–water partition coefficient (Wildman–Crippen LogP) is 5.43. The number of hydrogen-bond acceptors (Lipinski definition) is 5. The van der Waals surface area contributed by atoms with E-state index in [1.807, 2.05) is 0 Å². The van der Waals surface area contributed by atoms with Gasteiger partial charge in [-0.1, -0.05) is 43.8 Å². The molecule has 6 heteroatoms. The van der Waals surface area contributed by atoms with Gasteiger partial charge in [0, 0.05) is 16.0 Å². The quantitative estimate of drug-likeness (QED) is 0.434. The summed E-state index contributed by atoms with van der Waals surface area (Å²) >= 11 is 3.32. The lowest BCUT2D eigenvalue weighted by atomic mass is 9.97. The highest BCUT2D eigenvalue weighted by Crippen LogP contribution is 2.39. The Morgan fingerprint density at radius 1 is 1.14 bits per heavy atom. The third kappa shape index (κ3) is 3.80. The maximum absolute atomic E-state index is 12.7. The Hall–Kier alpha value is -1.92. The van der Waals surface area contributed by atoms with Crippen LogP contribution in [0.1, 0.15) is 48.3 Å². The number of carbonyl (C=O) groups excluding carboxylic acids is 1. The monoisotopic (exact) mass is 411 g/mol. The van der Waals surface area contributed by atoms with Gasteiger partial charge in [-0.05, 0) is 55.2 Å². The topological polar surface area (TPSA) is 54.9 Å². The number of anilines is 1. The summed E-state index contributed by atoms with van der Waals surface area (Å²) in [7, 11) is 0. The minimum Gasteiger partial charge on any atom is -0.325 e. The highest BCUT2D eigenvalue weighted by molar-refractivity contribution is 8.00. The van der Waals surface area contributed by atoms with Crippen molar-refractivity contribution < 1.29 is 4.79 Å². The van der Waals surface area contributed by atoms with E-state index in [0.29, 0.717) is 5.75 Å². The third-order valence-corrected chi connectivity index (χ3v) is 7.51. The Labute approximate surface area is 174 Å². The van der Waals surface area contributed by atoms with E-state index in [1.165, 1.54) is 51.6 Å². The molecule has 1 N–H and O–H groups in total. The van der Waals surface area contributed by atoms with E-state index >= 15 is 0 Å². The molecule has 0 saturated heterocycles. The summed E-state index contributed by atoms with van der Waals surface area (Å²) in [5, 5.41) is 5.28. The van der Waals surface area contributed by atoms with Crippen LogP contribution in [0.2, 0.25) is 0 Å². The van der Waals surface area contributed by atoms with Crippen LogP contribution in [0.4, 0.5) is 5.69 Å². The number of benzene rings is 1. The molecule has 0 spiro atoms. The van der Waals surface area contributed by atoms with Crippen LogP contribution >= 0.6 is 23.1 Å². The molecule has 0 bridgehead atoms. The SMILES string of the molecule is CCc1cccc(CC)c1NC(=O)CSc1ncnc2sc3c(c12)CCCC3. The fraction of sp³-hybridized carbons (Fsp3) is 0.409. The number of rotatable bonds is 6. The molecule has 0 saturated carbocycles. The Balaban J connectivity index is 1.53. The molecular formula is C22H25N3OS2. The summed E-state index contributed by atoms with van der Waals surface area (Å²) in [5.41, 5.74) is 4.78. The van der Waals surface area contributed by atoms with Crippen LogP contribution in [0.3, 0.4) is 0 Å². The lowest BCUT2D eigenvalue weighted by molar-refractivity contribution is -0.113. The van der Waals surface area contributed by atoms with Crippen molar-refractivity contribution in [3.63, 3.8) is 0 Å². The van der Waals surface area contributed by atoms with Crippen molar-refractivity contribution in [3.05, 3.63) is 46.1 Å². The molecule has 0 atom stereocenters. The fourth-order valence-corrected chi connectivity index (χ4v) is 6.00. The number of aryl methyl sites for hydroxylation is 4. The standard InChI is InChI=1S/C22H25N3OS2/c1-3-14-8-7-9-15(4-2)20(14)25-18(26)12-27-21-19-16-10-5-6-11-17(16)28-22(19)24-13-23-21/h7-9,13H,3-6,10-12H2,1-2H3,(H,25,26). The van der Waals surface area contributed by atoms with Crippen molar-refractivity contribution in [3.8, 4) is 0 Å². The molecule has 146 valence electrons. The zero-order chi connectivity index (χ0) is 19.5. The molecule has 0 fully saturated rings. The molecule has 4 rings (SSSR count). The summed E-state index contributed by atoms with van der Waals surface area (Å²) < 4.78 is 0. The number of thioether (sulfide) groups is 1. The molecular weight excluding hydrogens is 386 g/mol. The lowest BCUT2D eigenvalue weighted by Crippen LogP contribution is -2.17. The van der Waals surface area contributed by atoms with Crippen LogP contribution in [0.5, 0.6) is 0 Å². The normalized spacial score (nSPS) is 13.5. The van der Waals surface area contributed by atoms with Crippen molar-refractivity contribution in [1.82, 2.24) is 9.97 Å².